The number of carboxylic acids is 2. The Balaban J connectivity index is 5.60. The molecular weight excluding hydrogens is 232 g/mol. The molecule has 4 heteroatoms. The Hall–Kier alpha value is -1.32. The van der Waals surface area contributed by atoms with Gasteiger partial charge in [0.2, 0.25) is 0 Å². The molecule has 0 bridgehead atoms. The quantitative estimate of drug-likeness (QED) is 0.690. The summed E-state index contributed by atoms with van der Waals surface area (Å²) in [5.41, 5.74) is -0.961. The van der Waals surface area contributed by atoms with Crippen LogP contribution in [0, 0.1) is 10.8 Å². The summed E-state index contributed by atoms with van der Waals surface area (Å²) >= 11 is 0. The Morgan fingerprint density at radius 1 is 0.722 bits per heavy atom. The van der Waals surface area contributed by atoms with Crippen molar-refractivity contribution in [2.75, 3.05) is 0 Å². The van der Waals surface area contributed by atoms with Gasteiger partial charge in [0.1, 0.15) is 0 Å². The molecule has 0 spiro atoms. The number of carboxylic acid groups (broad SMARTS) is 2. The smallest absolute Gasteiger partial charge is 0.0678 e. The molecule has 0 aliphatic carbocycles. The molecular formula is C14H22O4-2. The molecule has 0 heterocycles. The standard InChI is InChI=1S/C14H24O4/c1-13(2,3)7-9(11(15)16)10(12(17)18)8-14(4,5)6/h7-8H2,1-6H3,(H,15,16)(H,17,18)/p-2/b10-9-. The Labute approximate surface area is 109 Å². The van der Waals surface area contributed by atoms with Gasteiger partial charge in [-0.25, -0.2) is 0 Å². The van der Waals surface area contributed by atoms with E-state index < -0.39 is 11.9 Å². The predicted molar refractivity (Wildman–Crippen MR) is 65.2 cm³/mol. The molecule has 104 valence electrons. The van der Waals surface area contributed by atoms with Crippen LogP contribution < -0.4 is 10.2 Å². The highest BCUT2D eigenvalue weighted by Crippen LogP contribution is 2.31. The highest BCUT2D eigenvalue weighted by atomic mass is 16.4. The van der Waals surface area contributed by atoms with E-state index in [-0.39, 0.29) is 34.8 Å². The molecule has 0 aromatic carbocycles. The molecule has 0 saturated heterocycles. The second kappa shape index (κ2) is 5.55. The highest BCUT2D eigenvalue weighted by molar-refractivity contribution is 5.97. The van der Waals surface area contributed by atoms with Crippen molar-refractivity contribution < 1.29 is 19.8 Å². The Bertz CT molecular complexity index is 328. The van der Waals surface area contributed by atoms with Gasteiger partial charge in [-0.1, -0.05) is 41.5 Å². The molecule has 0 amide bonds. The first-order valence-electron chi connectivity index (χ1n) is 5.98. The average molecular weight is 254 g/mol. The number of hydrogen-bond donors (Lipinski definition) is 0. The molecule has 0 aliphatic heterocycles. The zero-order valence-corrected chi connectivity index (χ0v) is 12.0. The first-order valence-corrected chi connectivity index (χ1v) is 5.98. The van der Waals surface area contributed by atoms with Gasteiger partial charge in [-0.2, -0.15) is 0 Å². The molecule has 0 aliphatic rings. The molecule has 4 nitrogen and oxygen atoms in total. The summed E-state index contributed by atoms with van der Waals surface area (Å²) in [6, 6.07) is 0. The molecule has 0 saturated carbocycles. The zero-order chi connectivity index (χ0) is 14.7. The Morgan fingerprint density at radius 3 is 1.06 bits per heavy atom. The topological polar surface area (TPSA) is 80.3 Å². The lowest BCUT2D eigenvalue weighted by atomic mass is 9.81. The largest absolute Gasteiger partial charge is 0.545 e. The number of rotatable bonds is 4. The van der Waals surface area contributed by atoms with Crippen LogP contribution in [0.15, 0.2) is 11.1 Å². The van der Waals surface area contributed by atoms with Gasteiger partial charge < -0.3 is 19.8 Å². The summed E-state index contributed by atoms with van der Waals surface area (Å²) in [7, 11) is 0. The van der Waals surface area contributed by atoms with Crippen LogP contribution >= 0.6 is 0 Å². The molecule has 0 aromatic heterocycles. The van der Waals surface area contributed by atoms with E-state index in [0.717, 1.165) is 0 Å². The van der Waals surface area contributed by atoms with Gasteiger partial charge >= 0.3 is 0 Å². The van der Waals surface area contributed by atoms with Crippen molar-refractivity contribution in [1.29, 1.82) is 0 Å². The SMILES string of the molecule is CC(C)(C)C/C(C(=O)[O-])=C(\CC(C)(C)C)C(=O)[O-]. The second-order valence-corrected chi connectivity index (χ2v) is 7.01. The van der Waals surface area contributed by atoms with Gasteiger partial charge in [0.05, 0.1) is 11.9 Å². The Morgan fingerprint density at radius 2 is 0.944 bits per heavy atom. The van der Waals surface area contributed by atoms with Crippen LogP contribution in [-0.2, 0) is 9.59 Å². The molecule has 0 fully saturated rings. The molecule has 0 N–H and O–H groups in total. The zero-order valence-electron chi connectivity index (χ0n) is 12.0. The summed E-state index contributed by atoms with van der Waals surface area (Å²) in [5.74, 6) is -2.85. The third-order valence-electron chi connectivity index (χ3n) is 2.27. The van der Waals surface area contributed by atoms with Crippen LogP contribution in [0.2, 0.25) is 0 Å². The van der Waals surface area contributed by atoms with Crippen LogP contribution in [0.5, 0.6) is 0 Å². The third-order valence-corrected chi connectivity index (χ3v) is 2.27. The van der Waals surface area contributed by atoms with E-state index in [1.54, 1.807) is 0 Å². The normalized spacial score (nSPS) is 14.1. The minimum Gasteiger partial charge on any atom is -0.545 e. The maximum atomic E-state index is 11.1. The first kappa shape index (κ1) is 16.7. The summed E-state index contributed by atoms with van der Waals surface area (Å²) in [6.45, 7) is 11.1. The van der Waals surface area contributed by atoms with E-state index >= 15 is 0 Å². The minimum atomic E-state index is -1.42. The second-order valence-electron chi connectivity index (χ2n) is 7.01. The van der Waals surface area contributed by atoms with Crippen molar-refractivity contribution in [1.82, 2.24) is 0 Å². The van der Waals surface area contributed by atoms with Gasteiger partial charge in [0.15, 0.2) is 0 Å². The first-order chi connectivity index (χ1) is 7.83. The summed E-state index contributed by atoms with van der Waals surface area (Å²) < 4.78 is 0. The fourth-order valence-electron chi connectivity index (χ4n) is 1.66. The molecule has 18 heavy (non-hydrogen) atoms. The van der Waals surface area contributed by atoms with Crippen molar-refractivity contribution in [3.05, 3.63) is 11.1 Å². The minimum absolute atomic E-state index is 0.148. The maximum absolute atomic E-state index is 11.1. The van der Waals surface area contributed by atoms with Crippen LogP contribution in [0.4, 0.5) is 0 Å². The number of hydrogen-bond acceptors (Lipinski definition) is 4. The summed E-state index contributed by atoms with van der Waals surface area (Å²) in [4.78, 5) is 22.3. The fraction of sp³-hybridized carbons (Fsp3) is 0.714. The lowest BCUT2D eigenvalue weighted by Crippen LogP contribution is -2.34. The predicted octanol–water partition coefficient (Wildman–Crippen LogP) is 0.655. The van der Waals surface area contributed by atoms with Crippen molar-refractivity contribution in [2.24, 2.45) is 10.8 Å². The van der Waals surface area contributed by atoms with E-state index in [9.17, 15) is 19.8 Å². The van der Waals surface area contributed by atoms with E-state index in [1.807, 2.05) is 41.5 Å². The maximum Gasteiger partial charge on any atom is 0.0678 e. The van der Waals surface area contributed by atoms with Crippen molar-refractivity contribution in [3.8, 4) is 0 Å². The van der Waals surface area contributed by atoms with E-state index in [0.29, 0.717) is 0 Å². The van der Waals surface area contributed by atoms with Gasteiger partial charge in [0, 0.05) is 0 Å². The number of aliphatic carboxylic acids is 2. The lowest BCUT2D eigenvalue weighted by molar-refractivity contribution is -0.304. The van der Waals surface area contributed by atoms with Crippen molar-refractivity contribution >= 4 is 11.9 Å². The lowest BCUT2D eigenvalue weighted by Gasteiger charge is -2.28. The molecule has 0 radical (unpaired) electrons. The van der Waals surface area contributed by atoms with E-state index in [4.69, 9.17) is 0 Å². The fourth-order valence-corrected chi connectivity index (χ4v) is 1.66. The molecule has 0 aromatic rings. The van der Waals surface area contributed by atoms with E-state index in [1.165, 1.54) is 0 Å². The van der Waals surface area contributed by atoms with Gasteiger partial charge in [-0.3, -0.25) is 0 Å². The van der Waals surface area contributed by atoms with Crippen LogP contribution in [0.25, 0.3) is 0 Å². The van der Waals surface area contributed by atoms with Crippen LogP contribution in [-0.4, -0.2) is 11.9 Å². The monoisotopic (exact) mass is 254 g/mol. The molecule has 0 atom stereocenters. The third kappa shape index (κ3) is 6.42. The molecule has 0 rings (SSSR count). The van der Waals surface area contributed by atoms with Gasteiger partial charge in [-0.05, 0) is 34.8 Å². The molecule has 0 unspecified atom stereocenters. The van der Waals surface area contributed by atoms with Crippen LogP contribution in [0.1, 0.15) is 54.4 Å². The average Bonchev–Trinajstić information content (AvgIpc) is 2.06. The van der Waals surface area contributed by atoms with Crippen molar-refractivity contribution in [3.63, 3.8) is 0 Å². The van der Waals surface area contributed by atoms with Gasteiger partial charge in [0.25, 0.3) is 0 Å². The van der Waals surface area contributed by atoms with Crippen molar-refractivity contribution in [2.45, 2.75) is 54.4 Å². The number of carbonyl (C=O) groups is 2. The number of carbonyl (C=O) groups excluding carboxylic acids is 2. The van der Waals surface area contributed by atoms with Crippen LogP contribution in [0.3, 0.4) is 0 Å². The van der Waals surface area contributed by atoms with E-state index in [2.05, 4.69) is 0 Å². The Kier molecular flexibility index (Phi) is 5.14. The highest BCUT2D eigenvalue weighted by Gasteiger charge is 2.21. The summed E-state index contributed by atoms with van der Waals surface area (Å²) in [5, 5.41) is 22.3. The summed E-state index contributed by atoms with van der Waals surface area (Å²) in [6.07, 6.45) is 0.295. The van der Waals surface area contributed by atoms with Gasteiger partial charge in [-0.15, -0.1) is 0 Å².